The molecular weight excluding hydrogens is 507 g/mol. The van der Waals surface area contributed by atoms with Gasteiger partial charge in [-0.1, -0.05) is 113 Å². The van der Waals surface area contributed by atoms with Crippen molar-refractivity contribution in [1.82, 2.24) is 4.48 Å². The molecule has 6 aromatic rings. The van der Waals surface area contributed by atoms with E-state index < -0.39 is 0 Å². The second-order valence-corrected chi connectivity index (χ2v) is 13.8. The smallest absolute Gasteiger partial charge is 0.332 e. The lowest BCUT2D eigenvalue weighted by Gasteiger charge is -2.48. The van der Waals surface area contributed by atoms with Crippen LogP contribution in [0.5, 0.6) is 0 Å². The minimum atomic E-state index is -0.109. The molecule has 0 radical (unpaired) electrons. The summed E-state index contributed by atoms with van der Waals surface area (Å²) < 4.78 is 2.77. The molecule has 0 saturated carbocycles. The van der Waals surface area contributed by atoms with Gasteiger partial charge >= 0.3 is 6.85 Å². The maximum atomic E-state index is 2.77. The number of benzene rings is 5. The monoisotopic (exact) mass is 538 g/mol. The Hall–Kier alpha value is -4.50. The Morgan fingerprint density at radius 3 is 2.19 bits per heavy atom. The Morgan fingerprint density at radius 2 is 1.33 bits per heavy atom. The number of nitrogens with zero attached hydrogens (tertiary/aromatic N) is 2. The first-order valence-electron chi connectivity index (χ1n) is 15.3. The van der Waals surface area contributed by atoms with E-state index in [1.54, 1.807) is 0 Å². The van der Waals surface area contributed by atoms with Crippen LogP contribution in [0.4, 0.5) is 17.1 Å². The van der Waals surface area contributed by atoms with E-state index in [4.69, 9.17) is 0 Å². The molecule has 5 aromatic carbocycles. The normalized spacial score (nSPS) is 17.0. The summed E-state index contributed by atoms with van der Waals surface area (Å²) in [6.07, 6.45) is 0. The van der Waals surface area contributed by atoms with Gasteiger partial charge in [-0.3, -0.25) is 0 Å². The highest BCUT2D eigenvalue weighted by atomic mass is 15.2. The molecule has 4 aliphatic rings. The van der Waals surface area contributed by atoms with Crippen LogP contribution in [-0.2, 0) is 10.8 Å². The molecular formula is C39H31BN2. The van der Waals surface area contributed by atoms with Crippen molar-refractivity contribution < 1.29 is 0 Å². The van der Waals surface area contributed by atoms with Crippen molar-refractivity contribution in [3.05, 3.63) is 125 Å². The van der Waals surface area contributed by atoms with Gasteiger partial charge in [0.25, 0.3) is 0 Å². The SMILES string of the molecule is Cc1cc2c3c(c1)N1c4ccccc4C(C)(C)c4cccc(c41)B3n1c3c(c4cccc-2c41)-c1ccccc1C3(C)C. The number of hydrogen-bond donors (Lipinski definition) is 0. The summed E-state index contributed by atoms with van der Waals surface area (Å²) in [5.41, 5.74) is 20.6. The molecule has 0 spiro atoms. The molecule has 200 valence electrons. The van der Waals surface area contributed by atoms with Crippen LogP contribution in [0.15, 0.2) is 97.1 Å². The zero-order valence-corrected chi connectivity index (χ0v) is 24.7. The van der Waals surface area contributed by atoms with Crippen molar-refractivity contribution in [2.45, 2.75) is 45.4 Å². The first kappa shape index (κ1) is 23.1. The fourth-order valence-corrected chi connectivity index (χ4v) is 9.25. The maximum Gasteiger partial charge on any atom is 0.332 e. The first-order valence-corrected chi connectivity index (χ1v) is 15.3. The fraction of sp³-hybridized carbons (Fsp3) is 0.179. The van der Waals surface area contributed by atoms with E-state index >= 15 is 0 Å². The van der Waals surface area contributed by atoms with E-state index in [0.29, 0.717) is 0 Å². The summed E-state index contributed by atoms with van der Waals surface area (Å²) in [5.74, 6) is 0. The van der Waals surface area contributed by atoms with Crippen LogP contribution in [0.25, 0.3) is 33.2 Å². The molecule has 4 heterocycles. The maximum absolute atomic E-state index is 2.77. The number of aryl methyl sites for hydroxylation is 1. The molecule has 0 N–H and O–H groups in total. The standard InChI is InChI=1S/C39H31BN2/c1-22-20-26-23-13-10-14-25-33-24-12-6-7-15-27(24)39(4,5)37(33)42(35(23)25)40-30-18-11-17-29-36(30)41(32(21-22)34(26)40)31-19-9-8-16-28(31)38(29,2)3/h6-21H,1-5H3. The third-order valence-corrected chi connectivity index (χ3v) is 10.9. The minimum Gasteiger partial charge on any atom is -0.378 e. The Kier molecular flexibility index (Phi) is 3.91. The Bertz CT molecular complexity index is 2230. The summed E-state index contributed by atoms with van der Waals surface area (Å²) in [6.45, 7) is 12.0. The van der Waals surface area contributed by atoms with Gasteiger partial charge in [-0.2, -0.15) is 0 Å². The Balaban J connectivity index is 1.42. The van der Waals surface area contributed by atoms with Crippen molar-refractivity contribution in [2.24, 2.45) is 0 Å². The fourth-order valence-electron chi connectivity index (χ4n) is 9.25. The number of para-hydroxylation sites is 3. The number of rotatable bonds is 0. The summed E-state index contributed by atoms with van der Waals surface area (Å²) >= 11 is 0. The van der Waals surface area contributed by atoms with Gasteiger partial charge in [-0.25, -0.2) is 0 Å². The van der Waals surface area contributed by atoms with E-state index in [9.17, 15) is 0 Å². The Morgan fingerprint density at radius 1 is 0.619 bits per heavy atom. The van der Waals surface area contributed by atoms with Crippen molar-refractivity contribution in [3.63, 3.8) is 0 Å². The van der Waals surface area contributed by atoms with Gasteiger partial charge in [-0.15, -0.1) is 0 Å². The van der Waals surface area contributed by atoms with Gasteiger partial charge in [0.15, 0.2) is 0 Å². The largest absolute Gasteiger partial charge is 0.378 e. The molecule has 0 amide bonds. The topological polar surface area (TPSA) is 8.17 Å². The molecule has 0 unspecified atom stereocenters. The Labute approximate surface area is 247 Å². The summed E-state index contributed by atoms with van der Waals surface area (Å²) in [4.78, 5) is 2.60. The highest BCUT2D eigenvalue weighted by molar-refractivity contribution is 6.89. The van der Waals surface area contributed by atoms with E-state index in [1.807, 2.05) is 0 Å². The number of aromatic nitrogens is 1. The van der Waals surface area contributed by atoms with E-state index in [1.165, 1.54) is 89.1 Å². The van der Waals surface area contributed by atoms with Crippen molar-refractivity contribution in [2.75, 3.05) is 4.90 Å². The molecule has 3 heteroatoms. The molecule has 1 aliphatic carbocycles. The minimum absolute atomic E-state index is 0.0986. The molecule has 42 heavy (non-hydrogen) atoms. The number of fused-ring (bicyclic) bond motifs is 11. The van der Waals surface area contributed by atoms with Gasteiger partial charge in [-0.05, 0) is 63.4 Å². The molecule has 10 rings (SSSR count). The quantitative estimate of drug-likeness (QED) is 0.176. The average Bonchev–Trinajstić information content (AvgIpc) is 3.46. The van der Waals surface area contributed by atoms with E-state index in [2.05, 4.69) is 141 Å². The molecule has 3 aliphatic heterocycles. The third-order valence-electron chi connectivity index (χ3n) is 10.9. The molecule has 0 bridgehead atoms. The third kappa shape index (κ3) is 2.37. The van der Waals surface area contributed by atoms with Crippen LogP contribution < -0.4 is 15.8 Å². The summed E-state index contributed by atoms with van der Waals surface area (Å²) in [7, 11) is 0. The molecule has 1 aromatic heterocycles. The van der Waals surface area contributed by atoms with Gasteiger partial charge < -0.3 is 9.38 Å². The van der Waals surface area contributed by atoms with E-state index in [-0.39, 0.29) is 17.7 Å². The van der Waals surface area contributed by atoms with Crippen LogP contribution in [-0.4, -0.2) is 11.3 Å². The zero-order valence-electron chi connectivity index (χ0n) is 24.7. The van der Waals surface area contributed by atoms with Crippen molar-refractivity contribution >= 4 is 45.7 Å². The lowest BCUT2D eigenvalue weighted by atomic mass is 9.44. The number of hydrogen-bond acceptors (Lipinski definition) is 1. The van der Waals surface area contributed by atoms with Gasteiger partial charge in [0.05, 0.1) is 5.69 Å². The number of anilines is 3. The van der Waals surface area contributed by atoms with Gasteiger partial charge in [0, 0.05) is 49.9 Å². The first-order chi connectivity index (χ1) is 20.3. The lowest BCUT2D eigenvalue weighted by Crippen LogP contribution is -2.59. The molecule has 0 atom stereocenters. The predicted octanol–water partition coefficient (Wildman–Crippen LogP) is 8.31. The van der Waals surface area contributed by atoms with Crippen LogP contribution in [0.1, 0.15) is 55.6 Å². The average molecular weight is 539 g/mol. The second kappa shape index (κ2) is 7.10. The van der Waals surface area contributed by atoms with Crippen molar-refractivity contribution in [3.8, 4) is 22.3 Å². The van der Waals surface area contributed by atoms with Crippen LogP contribution in [0, 0.1) is 6.92 Å². The van der Waals surface area contributed by atoms with Gasteiger partial charge in [0.1, 0.15) is 0 Å². The van der Waals surface area contributed by atoms with Crippen LogP contribution >= 0.6 is 0 Å². The second-order valence-electron chi connectivity index (χ2n) is 13.8. The van der Waals surface area contributed by atoms with E-state index in [0.717, 1.165) is 0 Å². The highest BCUT2D eigenvalue weighted by Gasteiger charge is 2.51. The van der Waals surface area contributed by atoms with Crippen molar-refractivity contribution in [1.29, 1.82) is 0 Å². The van der Waals surface area contributed by atoms with Gasteiger partial charge in [0.2, 0.25) is 0 Å². The summed E-state index contributed by atoms with van der Waals surface area (Å²) in [6, 6.07) is 37.1. The highest BCUT2D eigenvalue weighted by Crippen LogP contribution is 2.57. The van der Waals surface area contributed by atoms with Crippen LogP contribution in [0.3, 0.4) is 0 Å². The predicted molar refractivity (Wildman–Crippen MR) is 177 cm³/mol. The van der Waals surface area contributed by atoms with Crippen LogP contribution in [0.2, 0.25) is 0 Å². The molecule has 2 nitrogen and oxygen atoms in total. The zero-order chi connectivity index (χ0) is 28.3. The lowest BCUT2D eigenvalue weighted by molar-refractivity contribution is 0.630. The summed E-state index contributed by atoms with van der Waals surface area (Å²) in [5, 5.41) is 1.38. The molecule has 0 saturated heterocycles. The molecule has 0 fully saturated rings.